The summed E-state index contributed by atoms with van der Waals surface area (Å²) in [5, 5.41) is 10.8. The summed E-state index contributed by atoms with van der Waals surface area (Å²) >= 11 is 3.20. The number of nitro groups is 1. The molecule has 0 amide bonds. The molecule has 0 atom stereocenters. The SMILES string of the molecule is Cc1nc(N)c(C)c(Oc2cc(Br)cc([N+](=O)[O-])c2)n1. The van der Waals surface area contributed by atoms with E-state index in [-0.39, 0.29) is 11.6 Å². The molecule has 2 N–H and O–H groups in total. The van der Waals surface area contributed by atoms with Gasteiger partial charge in [-0.2, -0.15) is 4.98 Å². The van der Waals surface area contributed by atoms with E-state index in [1.54, 1.807) is 19.9 Å². The molecule has 8 heteroatoms. The summed E-state index contributed by atoms with van der Waals surface area (Å²) in [6.07, 6.45) is 0. The number of halogens is 1. The predicted octanol–water partition coefficient (Wildman–Crippen LogP) is 3.14. The smallest absolute Gasteiger partial charge is 0.274 e. The third-order valence-electron chi connectivity index (χ3n) is 2.53. The van der Waals surface area contributed by atoms with Crippen LogP contribution in [-0.2, 0) is 0 Å². The highest BCUT2D eigenvalue weighted by Gasteiger charge is 2.13. The molecule has 0 radical (unpaired) electrons. The van der Waals surface area contributed by atoms with E-state index in [4.69, 9.17) is 10.5 Å². The Labute approximate surface area is 123 Å². The second kappa shape index (κ2) is 5.41. The third kappa shape index (κ3) is 3.02. The van der Waals surface area contributed by atoms with Gasteiger partial charge in [0.2, 0.25) is 5.88 Å². The zero-order chi connectivity index (χ0) is 14.9. The van der Waals surface area contributed by atoms with Crippen molar-refractivity contribution in [2.45, 2.75) is 13.8 Å². The number of hydrogen-bond acceptors (Lipinski definition) is 6. The first-order valence-corrected chi connectivity index (χ1v) is 6.39. The van der Waals surface area contributed by atoms with Crippen molar-refractivity contribution >= 4 is 27.4 Å². The van der Waals surface area contributed by atoms with E-state index < -0.39 is 4.92 Å². The van der Waals surface area contributed by atoms with E-state index in [2.05, 4.69) is 25.9 Å². The van der Waals surface area contributed by atoms with Crippen LogP contribution < -0.4 is 10.5 Å². The van der Waals surface area contributed by atoms with Crippen molar-refractivity contribution in [3.05, 3.63) is 44.2 Å². The van der Waals surface area contributed by atoms with Crippen molar-refractivity contribution in [1.82, 2.24) is 9.97 Å². The first-order valence-electron chi connectivity index (χ1n) is 5.60. The largest absolute Gasteiger partial charge is 0.438 e. The van der Waals surface area contributed by atoms with Crippen LogP contribution in [0.2, 0.25) is 0 Å². The first-order chi connectivity index (χ1) is 9.36. The number of anilines is 1. The number of aromatic nitrogens is 2. The molecular weight excluding hydrogens is 328 g/mol. The average Bonchev–Trinajstić information content (AvgIpc) is 2.34. The fourth-order valence-electron chi connectivity index (χ4n) is 1.55. The van der Waals surface area contributed by atoms with Gasteiger partial charge in [0.1, 0.15) is 17.4 Å². The maximum Gasteiger partial charge on any atom is 0.274 e. The van der Waals surface area contributed by atoms with Crippen LogP contribution in [0.25, 0.3) is 0 Å². The number of hydrogen-bond donors (Lipinski definition) is 1. The van der Waals surface area contributed by atoms with Gasteiger partial charge in [-0.15, -0.1) is 0 Å². The molecule has 20 heavy (non-hydrogen) atoms. The second-order valence-electron chi connectivity index (χ2n) is 4.09. The Bertz CT molecular complexity index is 691. The van der Waals surface area contributed by atoms with Crippen LogP contribution in [0.1, 0.15) is 11.4 Å². The summed E-state index contributed by atoms with van der Waals surface area (Å²) in [4.78, 5) is 18.5. The van der Waals surface area contributed by atoms with Gasteiger partial charge in [0, 0.05) is 10.5 Å². The van der Waals surface area contributed by atoms with Crippen molar-refractivity contribution < 1.29 is 9.66 Å². The van der Waals surface area contributed by atoms with Gasteiger partial charge in [0.15, 0.2) is 0 Å². The Morgan fingerprint density at radius 3 is 2.65 bits per heavy atom. The van der Waals surface area contributed by atoms with E-state index in [0.717, 1.165) is 0 Å². The number of aryl methyl sites for hydroxylation is 1. The summed E-state index contributed by atoms with van der Waals surface area (Å²) in [6.45, 7) is 3.41. The van der Waals surface area contributed by atoms with Crippen LogP contribution in [0.4, 0.5) is 11.5 Å². The summed E-state index contributed by atoms with van der Waals surface area (Å²) in [5.74, 6) is 1.36. The second-order valence-corrected chi connectivity index (χ2v) is 5.01. The molecule has 0 aliphatic heterocycles. The first kappa shape index (κ1) is 14.2. The highest BCUT2D eigenvalue weighted by molar-refractivity contribution is 9.10. The highest BCUT2D eigenvalue weighted by atomic mass is 79.9. The van der Waals surface area contributed by atoms with Crippen molar-refractivity contribution in [2.24, 2.45) is 0 Å². The number of benzene rings is 1. The van der Waals surface area contributed by atoms with Gasteiger partial charge in [0.05, 0.1) is 16.6 Å². The van der Waals surface area contributed by atoms with Crippen LogP contribution in [0.3, 0.4) is 0 Å². The molecule has 1 heterocycles. The maximum absolute atomic E-state index is 10.8. The molecule has 2 rings (SSSR count). The van der Waals surface area contributed by atoms with E-state index >= 15 is 0 Å². The minimum absolute atomic E-state index is 0.0780. The topological polar surface area (TPSA) is 104 Å². The van der Waals surface area contributed by atoms with Gasteiger partial charge >= 0.3 is 0 Å². The number of non-ortho nitro benzene ring substituents is 1. The van der Waals surface area contributed by atoms with Crippen molar-refractivity contribution in [3.63, 3.8) is 0 Å². The molecule has 104 valence electrons. The Hall–Kier alpha value is -2.22. The van der Waals surface area contributed by atoms with E-state index in [0.29, 0.717) is 27.4 Å². The Morgan fingerprint density at radius 1 is 1.30 bits per heavy atom. The van der Waals surface area contributed by atoms with Crippen molar-refractivity contribution in [3.8, 4) is 11.6 Å². The van der Waals surface area contributed by atoms with Crippen molar-refractivity contribution in [1.29, 1.82) is 0 Å². The normalized spacial score (nSPS) is 10.3. The van der Waals surface area contributed by atoms with Crippen LogP contribution in [0.15, 0.2) is 22.7 Å². The van der Waals surface area contributed by atoms with E-state index in [9.17, 15) is 10.1 Å². The van der Waals surface area contributed by atoms with Gasteiger partial charge in [-0.1, -0.05) is 15.9 Å². The molecule has 7 nitrogen and oxygen atoms in total. The summed E-state index contributed by atoms with van der Waals surface area (Å²) in [6, 6.07) is 4.32. The lowest BCUT2D eigenvalue weighted by molar-refractivity contribution is -0.385. The lowest BCUT2D eigenvalue weighted by Crippen LogP contribution is -2.02. The summed E-state index contributed by atoms with van der Waals surface area (Å²) in [7, 11) is 0. The minimum Gasteiger partial charge on any atom is -0.438 e. The summed E-state index contributed by atoms with van der Waals surface area (Å²) < 4.78 is 6.12. The molecule has 0 saturated heterocycles. The van der Waals surface area contributed by atoms with Crippen LogP contribution in [-0.4, -0.2) is 14.9 Å². The van der Waals surface area contributed by atoms with E-state index in [1.165, 1.54) is 12.1 Å². The van der Waals surface area contributed by atoms with Gasteiger partial charge in [-0.25, -0.2) is 4.98 Å². The fraction of sp³-hybridized carbons (Fsp3) is 0.167. The molecule has 0 bridgehead atoms. The number of nitrogens with two attached hydrogens (primary N) is 1. The van der Waals surface area contributed by atoms with Gasteiger partial charge < -0.3 is 10.5 Å². The fourth-order valence-corrected chi connectivity index (χ4v) is 2.01. The molecule has 1 aromatic heterocycles. The van der Waals surface area contributed by atoms with Crippen LogP contribution in [0, 0.1) is 24.0 Å². The standard InChI is InChI=1S/C12H11BrN4O3/c1-6-11(14)15-7(2)16-12(6)20-10-4-8(13)3-9(5-10)17(18)19/h3-5H,1-2H3,(H2,14,15,16). The van der Waals surface area contributed by atoms with Gasteiger partial charge in [0.25, 0.3) is 5.69 Å². The Balaban J connectivity index is 2.42. The third-order valence-corrected chi connectivity index (χ3v) is 2.99. The number of nitro benzene ring substituents is 1. The van der Waals surface area contributed by atoms with Crippen LogP contribution in [0.5, 0.6) is 11.6 Å². The quantitative estimate of drug-likeness (QED) is 0.680. The number of ether oxygens (including phenoxy) is 1. The van der Waals surface area contributed by atoms with Gasteiger partial charge in [-0.3, -0.25) is 10.1 Å². The summed E-state index contributed by atoms with van der Waals surface area (Å²) in [5.41, 5.74) is 6.24. The molecule has 0 unspecified atom stereocenters. The zero-order valence-electron chi connectivity index (χ0n) is 10.8. The average molecular weight is 339 g/mol. The van der Waals surface area contributed by atoms with Gasteiger partial charge in [-0.05, 0) is 19.9 Å². The molecule has 0 spiro atoms. The highest BCUT2D eigenvalue weighted by Crippen LogP contribution is 2.31. The molecule has 0 saturated carbocycles. The Kier molecular flexibility index (Phi) is 3.84. The van der Waals surface area contributed by atoms with E-state index in [1.807, 2.05) is 0 Å². The maximum atomic E-state index is 10.8. The molecule has 2 aromatic rings. The Morgan fingerprint density at radius 2 is 2.00 bits per heavy atom. The number of nitrogen functional groups attached to an aromatic ring is 1. The molecule has 1 aromatic carbocycles. The number of rotatable bonds is 3. The van der Waals surface area contributed by atoms with Crippen LogP contribution >= 0.6 is 15.9 Å². The molecule has 0 fully saturated rings. The lowest BCUT2D eigenvalue weighted by atomic mass is 10.3. The predicted molar refractivity (Wildman–Crippen MR) is 76.8 cm³/mol. The molecular formula is C12H11BrN4O3. The molecule has 0 aliphatic carbocycles. The monoisotopic (exact) mass is 338 g/mol. The number of nitrogens with zero attached hydrogens (tertiary/aromatic N) is 3. The molecule has 0 aliphatic rings. The minimum atomic E-state index is -0.496. The van der Waals surface area contributed by atoms with Crippen molar-refractivity contribution in [2.75, 3.05) is 5.73 Å². The zero-order valence-corrected chi connectivity index (χ0v) is 12.3. The lowest BCUT2D eigenvalue weighted by Gasteiger charge is -2.10.